The maximum atomic E-state index is 14.3. The van der Waals surface area contributed by atoms with Gasteiger partial charge in [0.1, 0.15) is 11.6 Å². The summed E-state index contributed by atoms with van der Waals surface area (Å²) in [6.45, 7) is 1.82. The average molecular weight is 495 g/mol. The maximum Gasteiger partial charge on any atom is 0.573 e. The van der Waals surface area contributed by atoms with E-state index >= 15 is 0 Å². The van der Waals surface area contributed by atoms with Crippen LogP contribution >= 0.6 is 11.9 Å². The molecule has 6 nitrogen and oxygen atoms in total. The van der Waals surface area contributed by atoms with Gasteiger partial charge in [0.15, 0.2) is 0 Å². The molecule has 2 unspecified atom stereocenters. The Labute approximate surface area is 197 Å². The third kappa shape index (κ3) is 5.53. The fourth-order valence-electron chi connectivity index (χ4n) is 4.31. The Bertz CT molecular complexity index is 1090. The van der Waals surface area contributed by atoms with Crippen LogP contribution in [0.25, 0.3) is 6.08 Å². The molecule has 180 valence electrons. The fraction of sp³-hybridized carbons (Fsp3) is 0.304. The molecule has 2 saturated heterocycles. The molecular formula is C23H21F4N3O3S. The quantitative estimate of drug-likeness (QED) is 0.387. The first kappa shape index (κ1) is 24.1. The second kappa shape index (κ2) is 9.67. The van der Waals surface area contributed by atoms with Crippen LogP contribution in [-0.4, -0.2) is 54.2 Å². The van der Waals surface area contributed by atoms with Crippen LogP contribution in [0.5, 0.6) is 5.75 Å². The summed E-state index contributed by atoms with van der Waals surface area (Å²) < 4.78 is 54.8. The summed E-state index contributed by atoms with van der Waals surface area (Å²) in [5.41, 5.74) is 0.556. The predicted octanol–water partition coefficient (Wildman–Crippen LogP) is 3.93. The van der Waals surface area contributed by atoms with Gasteiger partial charge < -0.3 is 14.5 Å². The van der Waals surface area contributed by atoms with Crippen molar-refractivity contribution in [3.63, 3.8) is 0 Å². The smallest absolute Gasteiger partial charge is 0.406 e. The van der Waals surface area contributed by atoms with Crippen LogP contribution < -0.4 is 9.88 Å². The number of amides is 2. The molecule has 2 aliphatic heterocycles. The summed E-state index contributed by atoms with van der Waals surface area (Å²) in [7, 11) is 0. The number of halogens is 4. The number of rotatable bonds is 5. The molecule has 2 aliphatic rings. The van der Waals surface area contributed by atoms with Crippen LogP contribution in [0.4, 0.5) is 17.6 Å². The first-order valence-electron chi connectivity index (χ1n) is 10.4. The second-order valence-corrected chi connectivity index (χ2v) is 8.89. The van der Waals surface area contributed by atoms with Crippen molar-refractivity contribution >= 4 is 29.8 Å². The van der Waals surface area contributed by atoms with Gasteiger partial charge in [-0.05, 0) is 53.9 Å². The highest BCUT2D eigenvalue weighted by Gasteiger charge is 2.43. The number of benzene rings is 2. The zero-order valence-corrected chi connectivity index (χ0v) is 18.6. The van der Waals surface area contributed by atoms with E-state index in [2.05, 4.69) is 4.74 Å². The SMILES string of the molecule is NSc1ccc(C(=O)N2CC3CN(C(=O)/C=C/c4ccc(OC(F)(F)F)cc4)CC3C2)c(F)c1. The van der Waals surface area contributed by atoms with Crippen LogP contribution in [0.15, 0.2) is 53.4 Å². The number of ether oxygens (including phenoxy) is 1. The van der Waals surface area contributed by atoms with Crippen LogP contribution in [0.1, 0.15) is 15.9 Å². The largest absolute Gasteiger partial charge is 0.573 e. The highest BCUT2D eigenvalue weighted by Crippen LogP contribution is 2.32. The number of fused-ring (bicyclic) bond motifs is 1. The number of nitrogens with two attached hydrogens (primary N) is 1. The first-order valence-corrected chi connectivity index (χ1v) is 11.3. The first-order chi connectivity index (χ1) is 16.1. The van der Waals surface area contributed by atoms with Crippen LogP contribution in [0.2, 0.25) is 0 Å². The molecule has 0 radical (unpaired) electrons. The Morgan fingerprint density at radius 1 is 1.00 bits per heavy atom. The van der Waals surface area contributed by atoms with Crippen molar-refractivity contribution in [1.29, 1.82) is 0 Å². The van der Waals surface area contributed by atoms with Gasteiger partial charge in [-0.15, -0.1) is 13.2 Å². The lowest BCUT2D eigenvalue weighted by atomic mass is 10.0. The zero-order valence-electron chi connectivity index (χ0n) is 17.8. The molecule has 2 amide bonds. The molecule has 2 fully saturated rings. The highest BCUT2D eigenvalue weighted by atomic mass is 32.2. The van der Waals surface area contributed by atoms with Gasteiger partial charge in [-0.25, -0.2) is 4.39 Å². The number of carbonyl (C=O) groups excluding carboxylic acids is 2. The molecule has 2 aromatic carbocycles. The Morgan fingerprint density at radius 2 is 1.62 bits per heavy atom. The Balaban J connectivity index is 1.31. The lowest BCUT2D eigenvalue weighted by Crippen LogP contribution is -2.35. The summed E-state index contributed by atoms with van der Waals surface area (Å²) in [5.74, 6) is -1.35. The van der Waals surface area contributed by atoms with E-state index in [9.17, 15) is 27.2 Å². The van der Waals surface area contributed by atoms with Gasteiger partial charge in [-0.3, -0.25) is 14.7 Å². The molecule has 2 N–H and O–H groups in total. The van der Waals surface area contributed by atoms with Gasteiger partial charge in [-0.2, -0.15) is 0 Å². The lowest BCUT2D eigenvalue weighted by molar-refractivity contribution is -0.274. The molecule has 11 heteroatoms. The summed E-state index contributed by atoms with van der Waals surface area (Å²) in [5, 5.41) is 5.42. The van der Waals surface area contributed by atoms with E-state index in [1.54, 1.807) is 15.9 Å². The molecule has 34 heavy (non-hydrogen) atoms. The van der Waals surface area contributed by atoms with Crippen molar-refractivity contribution in [2.45, 2.75) is 11.3 Å². The van der Waals surface area contributed by atoms with E-state index in [1.165, 1.54) is 48.6 Å². The topological polar surface area (TPSA) is 75.9 Å². The van der Waals surface area contributed by atoms with E-state index in [0.717, 1.165) is 11.9 Å². The monoisotopic (exact) mass is 495 g/mol. The summed E-state index contributed by atoms with van der Waals surface area (Å²) in [6, 6.07) is 9.46. The van der Waals surface area contributed by atoms with Crippen molar-refractivity contribution in [3.05, 3.63) is 65.5 Å². The third-order valence-electron chi connectivity index (χ3n) is 5.92. The standard InChI is InChI=1S/C23H21F4N3O3S/c24-20-9-18(34-28)6-7-19(20)22(32)30-12-15-10-29(11-16(15)13-30)21(31)8-3-14-1-4-17(5-2-14)33-23(25,26)27/h1-9,15-16H,10-13,28H2/b8-3+. The normalized spacial score (nSPS) is 20.1. The molecule has 4 rings (SSSR count). The van der Waals surface area contributed by atoms with Gasteiger partial charge in [-0.1, -0.05) is 12.1 Å². The highest BCUT2D eigenvalue weighted by molar-refractivity contribution is 7.97. The molecule has 0 aromatic heterocycles. The van der Waals surface area contributed by atoms with Crippen molar-refractivity contribution in [1.82, 2.24) is 9.80 Å². The number of hydrogen-bond acceptors (Lipinski definition) is 5. The van der Waals surface area contributed by atoms with Gasteiger partial charge in [0.2, 0.25) is 5.91 Å². The number of likely N-dealkylation sites (tertiary alicyclic amines) is 2. The van der Waals surface area contributed by atoms with E-state index in [4.69, 9.17) is 5.14 Å². The molecular weight excluding hydrogens is 474 g/mol. The Kier molecular flexibility index (Phi) is 6.85. The number of carbonyl (C=O) groups is 2. The van der Waals surface area contributed by atoms with Gasteiger partial charge in [0.25, 0.3) is 5.91 Å². The number of hydrogen-bond donors (Lipinski definition) is 1. The second-order valence-electron chi connectivity index (χ2n) is 8.18. The van der Waals surface area contributed by atoms with E-state index in [0.29, 0.717) is 36.6 Å². The zero-order chi connectivity index (χ0) is 24.5. The van der Waals surface area contributed by atoms with Crippen molar-refractivity contribution in [2.24, 2.45) is 17.0 Å². The van der Waals surface area contributed by atoms with E-state index in [-0.39, 0.29) is 35.0 Å². The van der Waals surface area contributed by atoms with Gasteiger partial charge in [0, 0.05) is 49.0 Å². The van der Waals surface area contributed by atoms with E-state index in [1.807, 2.05) is 0 Å². The predicted molar refractivity (Wildman–Crippen MR) is 118 cm³/mol. The van der Waals surface area contributed by atoms with Crippen LogP contribution in [0.3, 0.4) is 0 Å². The summed E-state index contributed by atoms with van der Waals surface area (Å²) >= 11 is 0.903. The molecule has 0 bridgehead atoms. The number of alkyl halides is 3. The molecule has 0 spiro atoms. The minimum atomic E-state index is -4.76. The molecule has 2 aromatic rings. The van der Waals surface area contributed by atoms with Crippen LogP contribution in [-0.2, 0) is 4.79 Å². The van der Waals surface area contributed by atoms with Crippen molar-refractivity contribution < 1.29 is 31.9 Å². The molecule has 0 aliphatic carbocycles. The minimum Gasteiger partial charge on any atom is -0.406 e. The fourth-order valence-corrected chi connectivity index (χ4v) is 4.62. The van der Waals surface area contributed by atoms with Gasteiger partial charge >= 0.3 is 6.36 Å². The minimum absolute atomic E-state index is 0.000270. The van der Waals surface area contributed by atoms with Crippen molar-refractivity contribution in [2.75, 3.05) is 26.2 Å². The van der Waals surface area contributed by atoms with Crippen molar-refractivity contribution in [3.8, 4) is 5.75 Å². The molecule has 2 atom stereocenters. The Morgan fingerprint density at radius 3 is 2.18 bits per heavy atom. The van der Waals surface area contributed by atoms with Gasteiger partial charge in [0.05, 0.1) is 5.56 Å². The maximum absolute atomic E-state index is 14.3. The third-order valence-corrected chi connectivity index (χ3v) is 6.45. The number of nitrogens with zero attached hydrogens (tertiary/aromatic N) is 2. The molecule has 0 saturated carbocycles. The summed E-state index contributed by atoms with van der Waals surface area (Å²) in [4.78, 5) is 29.2. The van der Waals surface area contributed by atoms with Crippen LogP contribution in [0, 0.1) is 17.7 Å². The van der Waals surface area contributed by atoms with E-state index < -0.39 is 12.2 Å². The average Bonchev–Trinajstić information content (AvgIpc) is 3.36. The molecule has 2 heterocycles. The summed E-state index contributed by atoms with van der Waals surface area (Å²) in [6.07, 6.45) is -1.87. The Hall–Kier alpha value is -3.05. The lowest BCUT2D eigenvalue weighted by Gasteiger charge is -2.21.